The van der Waals surface area contributed by atoms with E-state index in [-0.39, 0.29) is 39.2 Å². The topological polar surface area (TPSA) is 88.3 Å². The van der Waals surface area contributed by atoms with Crippen LogP contribution in [-0.2, 0) is 9.53 Å². The molecular formula is C20H15Cl3N2O4. The Morgan fingerprint density at radius 2 is 1.79 bits per heavy atom. The van der Waals surface area contributed by atoms with Crippen molar-refractivity contribution >= 4 is 69.1 Å². The first-order valence-electron chi connectivity index (χ1n) is 8.52. The van der Waals surface area contributed by atoms with E-state index in [2.05, 4.69) is 10.3 Å². The minimum atomic E-state index is -0.626. The van der Waals surface area contributed by atoms with Gasteiger partial charge in [-0.05, 0) is 37.3 Å². The Balaban J connectivity index is 2.27. The molecule has 0 spiro atoms. The number of amides is 1. The molecule has 29 heavy (non-hydrogen) atoms. The number of halogens is 3. The largest absolute Gasteiger partial charge is 0.462 e. The van der Waals surface area contributed by atoms with Gasteiger partial charge in [0.25, 0.3) is 0 Å². The summed E-state index contributed by atoms with van der Waals surface area (Å²) < 4.78 is 5.09. The molecule has 6 nitrogen and oxygen atoms in total. The zero-order valence-corrected chi connectivity index (χ0v) is 17.6. The van der Waals surface area contributed by atoms with Crippen molar-refractivity contribution in [2.24, 2.45) is 0 Å². The maximum absolute atomic E-state index is 13.1. The van der Waals surface area contributed by atoms with Crippen molar-refractivity contribution in [3.63, 3.8) is 0 Å². The molecule has 0 radical (unpaired) electrons. The maximum atomic E-state index is 13.1. The Kier molecular flexibility index (Phi) is 6.17. The Hall–Kier alpha value is -2.54. The van der Waals surface area contributed by atoms with Gasteiger partial charge in [0.05, 0.1) is 33.4 Å². The number of ketones is 1. The summed E-state index contributed by atoms with van der Waals surface area (Å²) in [6.07, 6.45) is 0. The van der Waals surface area contributed by atoms with Gasteiger partial charge < -0.3 is 15.0 Å². The van der Waals surface area contributed by atoms with E-state index in [9.17, 15) is 14.4 Å². The molecule has 0 saturated carbocycles. The van der Waals surface area contributed by atoms with Gasteiger partial charge in [-0.2, -0.15) is 0 Å². The molecule has 3 rings (SSSR count). The molecule has 1 amide bonds. The second-order valence-corrected chi connectivity index (χ2v) is 7.36. The summed E-state index contributed by atoms with van der Waals surface area (Å²) in [5.74, 6) is -1.49. The fraction of sp³-hybridized carbons (Fsp3) is 0.150. The first-order chi connectivity index (χ1) is 13.7. The maximum Gasteiger partial charge on any atom is 0.338 e. The molecule has 1 heterocycles. The number of aromatic nitrogens is 1. The van der Waals surface area contributed by atoms with Crippen LogP contribution in [0, 0.1) is 0 Å². The van der Waals surface area contributed by atoms with Crippen LogP contribution >= 0.6 is 34.8 Å². The molecule has 3 aromatic rings. The highest BCUT2D eigenvalue weighted by Gasteiger charge is 2.25. The van der Waals surface area contributed by atoms with E-state index in [1.165, 1.54) is 31.2 Å². The Morgan fingerprint density at radius 1 is 1.07 bits per heavy atom. The van der Waals surface area contributed by atoms with Gasteiger partial charge in [0.15, 0.2) is 0 Å². The first kappa shape index (κ1) is 21.2. The molecule has 0 saturated heterocycles. The number of hydrogen-bond acceptors (Lipinski definition) is 4. The van der Waals surface area contributed by atoms with Crippen LogP contribution < -0.4 is 5.32 Å². The lowest BCUT2D eigenvalue weighted by atomic mass is 10.0. The van der Waals surface area contributed by atoms with Crippen molar-refractivity contribution in [1.82, 2.24) is 4.98 Å². The fourth-order valence-electron chi connectivity index (χ4n) is 2.92. The highest BCUT2D eigenvalue weighted by molar-refractivity contribution is 6.42. The number of carbonyl (C=O) groups is 3. The van der Waals surface area contributed by atoms with Crippen LogP contribution in [0.5, 0.6) is 0 Å². The summed E-state index contributed by atoms with van der Waals surface area (Å²) in [6, 6.07) is 7.41. The molecule has 1 aromatic heterocycles. The Bertz CT molecular complexity index is 1150. The van der Waals surface area contributed by atoms with Gasteiger partial charge in [-0.3, -0.25) is 9.59 Å². The standard InChI is InChI=1S/C20H15Cl3N2O4/c1-3-29-20(28)12-7-11(21)8-15-16(12)17(24-9(2)26)18(25-15)19(27)10-4-5-13(22)14(23)6-10/h4-8,25H,3H2,1-2H3,(H,24,26). The van der Waals surface area contributed by atoms with Gasteiger partial charge in [-0.15, -0.1) is 0 Å². The molecule has 9 heteroatoms. The predicted molar refractivity (Wildman–Crippen MR) is 113 cm³/mol. The highest BCUT2D eigenvalue weighted by atomic mass is 35.5. The zero-order chi connectivity index (χ0) is 21.3. The lowest BCUT2D eigenvalue weighted by molar-refractivity contribution is -0.114. The quantitative estimate of drug-likeness (QED) is 0.395. The van der Waals surface area contributed by atoms with E-state index >= 15 is 0 Å². The molecule has 2 N–H and O–H groups in total. The zero-order valence-electron chi connectivity index (χ0n) is 15.4. The number of H-pyrrole nitrogens is 1. The van der Waals surface area contributed by atoms with Gasteiger partial charge in [0.2, 0.25) is 11.7 Å². The smallest absolute Gasteiger partial charge is 0.338 e. The van der Waals surface area contributed by atoms with Crippen LogP contribution in [0.15, 0.2) is 30.3 Å². The molecule has 0 fully saturated rings. The molecular weight excluding hydrogens is 439 g/mol. The molecule has 0 unspecified atom stereocenters. The number of fused-ring (bicyclic) bond motifs is 1. The van der Waals surface area contributed by atoms with E-state index < -0.39 is 17.7 Å². The van der Waals surface area contributed by atoms with Crippen LogP contribution in [0.3, 0.4) is 0 Å². The van der Waals surface area contributed by atoms with E-state index in [4.69, 9.17) is 39.5 Å². The number of aromatic amines is 1. The third-order valence-electron chi connectivity index (χ3n) is 4.07. The lowest BCUT2D eigenvalue weighted by Crippen LogP contribution is -2.12. The van der Waals surface area contributed by atoms with Gasteiger partial charge >= 0.3 is 5.97 Å². The summed E-state index contributed by atoms with van der Waals surface area (Å²) in [5, 5.41) is 3.74. The minimum absolute atomic E-state index is 0.0707. The number of ether oxygens (including phenoxy) is 1. The van der Waals surface area contributed by atoms with Crippen molar-refractivity contribution in [3.8, 4) is 0 Å². The van der Waals surface area contributed by atoms with Gasteiger partial charge in [0, 0.05) is 22.9 Å². The van der Waals surface area contributed by atoms with Crippen molar-refractivity contribution < 1.29 is 19.1 Å². The van der Waals surface area contributed by atoms with E-state index in [1.54, 1.807) is 13.0 Å². The third-order valence-corrected chi connectivity index (χ3v) is 5.03. The Labute approximate surface area is 181 Å². The van der Waals surface area contributed by atoms with E-state index in [0.29, 0.717) is 15.9 Å². The van der Waals surface area contributed by atoms with Crippen LogP contribution in [0.1, 0.15) is 40.3 Å². The molecule has 0 aliphatic heterocycles. The third kappa shape index (κ3) is 4.24. The average Bonchev–Trinajstić information content (AvgIpc) is 3.00. The summed E-state index contributed by atoms with van der Waals surface area (Å²) in [4.78, 5) is 40.4. The summed E-state index contributed by atoms with van der Waals surface area (Å²) in [7, 11) is 0. The number of hydrogen-bond donors (Lipinski definition) is 2. The molecule has 2 aromatic carbocycles. The summed E-state index contributed by atoms with van der Waals surface area (Å²) in [6.45, 7) is 3.12. The molecule has 0 aliphatic rings. The number of nitrogens with one attached hydrogen (secondary N) is 2. The van der Waals surface area contributed by atoms with Gasteiger partial charge in [0.1, 0.15) is 5.69 Å². The number of carbonyl (C=O) groups excluding carboxylic acids is 3. The lowest BCUT2D eigenvalue weighted by Gasteiger charge is -2.09. The van der Waals surface area contributed by atoms with Gasteiger partial charge in [-0.25, -0.2) is 4.79 Å². The minimum Gasteiger partial charge on any atom is -0.462 e. The van der Waals surface area contributed by atoms with Crippen LogP contribution in [0.25, 0.3) is 10.9 Å². The molecule has 150 valence electrons. The summed E-state index contributed by atoms with van der Waals surface area (Å²) in [5.41, 5.74) is 1.00. The normalized spacial score (nSPS) is 10.8. The van der Waals surface area contributed by atoms with Crippen molar-refractivity contribution in [2.45, 2.75) is 13.8 Å². The van der Waals surface area contributed by atoms with E-state index in [0.717, 1.165) is 0 Å². The molecule has 0 bridgehead atoms. The van der Waals surface area contributed by atoms with Crippen molar-refractivity contribution in [3.05, 3.63) is 62.2 Å². The SMILES string of the molecule is CCOC(=O)c1cc(Cl)cc2[nH]c(C(=O)c3ccc(Cl)c(Cl)c3)c(NC(C)=O)c12. The molecule has 0 atom stereocenters. The second kappa shape index (κ2) is 8.45. The van der Waals surface area contributed by atoms with Crippen LogP contribution in [-0.4, -0.2) is 29.3 Å². The monoisotopic (exact) mass is 452 g/mol. The number of benzene rings is 2. The first-order valence-corrected chi connectivity index (χ1v) is 9.66. The fourth-order valence-corrected chi connectivity index (χ4v) is 3.44. The second-order valence-electron chi connectivity index (χ2n) is 6.11. The van der Waals surface area contributed by atoms with E-state index in [1.807, 2.05) is 0 Å². The predicted octanol–water partition coefficient (Wildman–Crippen LogP) is 5.49. The summed E-state index contributed by atoms with van der Waals surface area (Å²) >= 11 is 18.1. The number of anilines is 1. The van der Waals surface area contributed by atoms with Gasteiger partial charge in [-0.1, -0.05) is 34.8 Å². The van der Waals surface area contributed by atoms with Crippen LogP contribution in [0.4, 0.5) is 5.69 Å². The number of esters is 1. The van der Waals surface area contributed by atoms with Crippen molar-refractivity contribution in [2.75, 3.05) is 11.9 Å². The average molecular weight is 454 g/mol. The highest BCUT2D eigenvalue weighted by Crippen LogP contribution is 2.35. The molecule has 0 aliphatic carbocycles. The van der Waals surface area contributed by atoms with Crippen LogP contribution in [0.2, 0.25) is 15.1 Å². The van der Waals surface area contributed by atoms with Crippen molar-refractivity contribution in [1.29, 1.82) is 0 Å². The Morgan fingerprint density at radius 3 is 2.41 bits per heavy atom. The number of rotatable bonds is 5.